The van der Waals surface area contributed by atoms with Crippen LogP contribution in [0.25, 0.3) is 66.8 Å². The molecule has 12 aromatic carbocycles. The Morgan fingerprint density at radius 2 is 0.230 bits per heavy atom. The van der Waals surface area contributed by atoms with Gasteiger partial charge in [0.05, 0.1) is 35.8 Å². The molecule has 12 aromatic rings. The molecule has 648 valence electrons. The molecule has 12 rings (SSSR count). The van der Waals surface area contributed by atoms with Crippen molar-refractivity contribution in [1.82, 2.24) is 0 Å². The molecule has 126 heavy (non-hydrogen) atoms. The molecule has 0 aliphatic heterocycles. The molecule has 0 aliphatic carbocycles. The Kier molecular flexibility index (Phi) is 95.9. The molecule has 0 heterocycles. The van der Waals surface area contributed by atoms with Crippen LogP contribution < -0.4 is 61.3 Å². The Labute approximate surface area is 828 Å². The summed E-state index contributed by atoms with van der Waals surface area (Å²) >= 11 is 0. The Morgan fingerprint density at radius 1 is 0.159 bits per heavy atom. The summed E-state index contributed by atoms with van der Waals surface area (Å²) in [5, 5.41) is 122. The van der Waals surface area contributed by atoms with Gasteiger partial charge in [0, 0.05) is 33.4 Å². The van der Waals surface area contributed by atoms with Crippen molar-refractivity contribution in [2.24, 2.45) is 0 Å². The average molecular weight is 1920 g/mol. The molecule has 30 heteroatoms. The number of carbonyl (C=O) groups is 6. The Morgan fingerprint density at radius 3 is 0.310 bits per heavy atom. The maximum atomic E-state index is 10.9. The Bertz CT molecular complexity index is 3910. The number of hydrogen-bond acceptors (Lipinski definition) is 18. The van der Waals surface area contributed by atoms with Crippen LogP contribution in [-0.2, 0) is 163 Å². The number of rotatable bonds is 12. The number of benzene rings is 12. The van der Waals surface area contributed by atoms with Crippen LogP contribution in [0.1, 0.15) is 145 Å². The van der Waals surface area contributed by atoms with E-state index < -0.39 is 72.4 Å². The fourth-order valence-corrected chi connectivity index (χ4v) is 9.18. The SMILES string of the molecule is CC(C)[O-].CC(C)[O-].CC(C)[O-].CC(C)[O-].CC(C)[O-].CC(C)[O-].O=C([O-])c1ccccc1-c1ccccc1.O=C([O-])c1ccccc1-c1ccccc1.O=C([O-])c1ccccc1-c1ccccc1.O=C([O-])c1ccccc1-c1ccccc1.O=C([O-])c1ccccc1-c1ccccc1.O=C([O-])c1ccccc1-c1ccccc1.[O-2].[O-2].[O-2].[O-2].[O-2].[O-2].[Ti+4].[Ti+4].[Ti+4].[Ti+4].[Ti+4].[Ti+4]. The van der Waals surface area contributed by atoms with Crippen LogP contribution in [0.5, 0.6) is 0 Å². The Balaban J connectivity index is -0.000000115. The van der Waals surface area contributed by atoms with Gasteiger partial charge in [-0.05, 0) is 66.8 Å². The Hall–Kier alpha value is -8.73. The van der Waals surface area contributed by atoms with Gasteiger partial charge in [-0.1, -0.05) is 411 Å². The minimum Gasteiger partial charge on any atom is -2.00 e. The van der Waals surface area contributed by atoms with Crippen molar-refractivity contribution in [3.63, 3.8) is 0 Å². The molecule has 0 aliphatic rings. The van der Waals surface area contributed by atoms with E-state index in [1.54, 1.807) is 192 Å². The molecule has 0 amide bonds. The molecule has 0 fully saturated rings. The first-order chi connectivity index (χ1) is 54.1. The van der Waals surface area contributed by atoms with Gasteiger partial charge in [-0.15, -0.1) is 36.6 Å². The molecular weight excluding hydrogens is 1820 g/mol. The first-order valence-electron chi connectivity index (χ1n) is 36.2. The topological polar surface area (TPSA) is 550 Å². The zero-order valence-corrected chi connectivity index (χ0v) is 80.8. The standard InChI is InChI=1S/6C13H10O2.6C3H7O.6O.6Ti/c6*14-13(15)12-9-5-4-8-11(12)10-6-2-1-3-7-10;6*1-3(2)4;;;;;;;;;;;;/h6*1-9H,(H,14,15);6*3H,1-2H3;;;;;;;;;;;;/q;;;;;;6*-1;6*-2;6*+4/p-6. The van der Waals surface area contributed by atoms with E-state index in [4.69, 9.17) is 0 Å². The zero-order chi connectivity index (χ0) is 85.5. The molecule has 24 nitrogen and oxygen atoms in total. The first kappa shape index (κ1) is 143. The normalized spacial score (nSPS) is 8.76. The minimum absolute atomic E-state index is 0. The molecule has 0 unspecified atom stereocenters. The third-order valence-electron chi connectivity index (χ3n) is 13.4. The molecule has 0 aromatic heterocycles. The van der Waals surface area contributed by atoms with Crippen molar-refractivity contribution in [2.75, 3.05) is 0 Å². The van der Waals surface area contributed by atoms with E-state index >= 15 is 0 Å². The molecule has 0 saturated carbocycles. The summed E-state index contributed by atoms with van der Waals surface area (Å²) in [7, 11) is 0. The van der Waals surface area contributed by atoms with Crippen LogP contribution in [0.4, 0.5) is 0 Å². The number of aromatic carboxylic acids is 6. The third-order valence-corrected chi connectivity index (χ3v) is 13.4. The molecule has 0 N–H and O–H groups in total. The maximum Gasteiger partial charge on any atom is 4.00 e. The fourth-order valence-electron chi connectivity index (χ4n) is 9.18. The van der Waals surface area contributed by atoms with Gasteiger partial charge in [-0.25, -0.2) is 0 Å². The van der Waals surface area contributed by atoms with E-state index in [0.29, 0.717) is 33.4 Å². The van der Waals surface area contributed by atoms with E-state index in [1.807, 2.05) is 218 Å². The first-order valence-corrected chi connectivity index (χ1v) is 36.2. The number of hydrogen-bond donors (Lipinski definition) is 0. The van der Waals surface area contributed by atoms with Crippen molar-refractivity contribution >= 4 is 35.8 Å². The van der Waals surface area contributed by atoms with Gasteiger partial charge in [0.15, 0.2) is 0 Å². The zero-order valence-electron chi connectivity index (χ0n) is 71.4. The summed E-state index contributed by atoms with van der Waals surface area (Å²) in [4.78, 5) is 65.3. The van der Waals surface area contributed by atoms with Gasteiger partial charge in [0.1, 0.15) is 0 Å². The predicted octanol–water partition coefficient (Wildman–Crippen LogP) is 8.11. The smallest absolute Gasteiger partial charge is 2.00 e. The molecular formula is C96H96O24Ti6. The van der Waals surface area contributed by atoms with Crippen molar-refractivity contribution in [1.29, 1.82) is 0 Å². The second-order valence-corrected chi connectivity index (χ2v) is 25.5. The van der Waals surface area contributed by atoms with Gasteiger partial charge < -0.3 is 123 Å². The van der Waals surface area contributed by atoms with Crippen LogP contribution >= 0.6 is 0 Å². The van der Waals surface area contributed by atoms with Crippen molar-refractivity contribution in [3.05, 3.63) is 361 Å². The van der Waals surface area contributed by atoms with Crippen molar-refractivity contribution < 1.29 is 253 Å². The van der Waals surface area contributed by atoms with Gasteiger partial charge in [0.2, 0.25) is 0 Å². The van der Waals surface area contributed by atoms with E-state index in [0.717, 1.165) is 33.4 Å². The summed E-state index contributed by atoms with van der Waals surface area (Å²) < 4.78 is 0. The van der Waals surface area contributed by atoms with Crippen LogP contribution in [0.2, 0.25) is 0 Å². The summed E-state index contributed by atoms with van der Waals surface area (Å²) in [6.07, 6.45) is -2.50. The van der Waals surface area contributed by atoms with Gasteiger partial charge in [-0.2, -0.15) is 0 Å². The second kappa shape index (κ2) is 84.4. The summed E-state index contributed by atoms with van der Waals surface area (Å²) in [5.74, 6) is -6.86. The predicted molar refractivity (Wildman–Crippen MR) is 432 cm³/mol. The van der Waals surface area contributed by atoms with Gasteiger partial charge >= 0.3 is 130 Å². The summed E-state index contributed by atoms with van der Waals surface area (Å²) in [5.41, 5.74) is 10.8. The molecule has 0 radical (unpaired) electrons. The summed E-state index contributed by atoms with van der Waals surface area (Å²) in [6.45, 7) is 19.3. The molecule has 0 saturated heterocycles. The molecule has 0 atom stereocenters. The summed E-state index contributed by atoms with van der Waals surface area (Å²) in [6, 6.07) is 97.4. The number of carboxylic acid groups (broad SMARTS) is 6. The van der Waals surface area contributed by atoms with E-state index in [-0.39, 0.29) is 197 Å². The largest absolute Gasteiger partial charge is 4.00 e. The average Bonchev–Trinajstić information content (AvgIpc) is 0.873. The van der Waals surface area contributed by atoms with Gasteiger partial charge in [-0.3, -0.25) is 0 Å². The van der Waals surface area contributed by atoms with E-state index in [9.17, 15) is 90.0 Å². The van der Waals surface area contributed by atoms with Crippen molar-refractivity contribution in [3.8, 4) is 66.8 Å². The van der Waals surface area contributed by atoms with Gasteiger partial charge in [0.25, 0.3) is 0 Å². The quantitative estimate of drug-likeness (QED) is 0.104. The van der Waals surface area contributed by atoms with Crippen molar-refractivity contribution in [2.45, 2.75) is 120 Å². The third kappa shape index (κ3) is 64.1. The second-order valence-electron chi connectivity index (χ2n) is 25.5. The maximum absolute atomic E-state index is 10.9. The molecule has 0 bridgehead atoms. The number of carboxylic acids is 6. The van der Waals surface area contributed by atoms with Crippen LogP contribution in [0.15, 0.2) is 328 Å². The monoisotopic (exact) mass is 1920 g/mol. The van der Waals surface area contributed by atoms with Crippen LogP contribution in [0.3, 0.4) is 0 Å². The number of carbonyl (C=O) groups excluding carboxylic acids is 6. The van der Waals surface area contributed by atoms with E-state index in [2.05, 4.69) is 0 Å². The van der Waals surface area contributed by atoms with Crippen LogP contribution in [-0.4, -0.2) is 72.4 Å². The van der Waals surface area contributed by atoms with Crippen LogP contribution in [0, 0.1) is 0 Å². The minimum atomic E-state index is -1.14. The fraction of sp³-hybridized carbons (Fsp3) is 0.188. The molecule has 0 spiro atoms. The van der Waals surface area contributed by atoms with E-state index in [1.165, 1.54) is 0 Å².